The van der Waals surface area contributed by atoms with E-state index in [1.807, 2.05) is 6.07 Å². The fourth-order valence-corrected chi connectivity index (χ4v) is 2.32. The topological polar surface area (TPSA) is 27.8 Å². The minimum Gasteiger partial charge on any atom is -0.361 e. The monoisotopic (exact) mass is 250 g/mol. The normalized spacial score (nSPS) is 11.2. The molecule has 0 unspecified atom stereocenters. The van der Waals surface area contributed by atoms with Crippen LogP contribution in [0.15, 0.2) is 18.3 Å². The van der Waals surface area contributed by atoms with Gasteiger partial charge in [0.15, 0.2) is 0 Å². The van der Waals surface area contributed by atoms with Crippen LogP contribution in [0.25, 0.3) is 10.9 Å². The van der Waals surface area contributed by atoms with Crippen LogP contribution in [0.5, 0.6) is 0 Å². The highest BCUT2D eigenvalue weighted by Crippen LogP contribution is 2.27. The summed E-state index contributed by atoms with van der Waals surface area (Å²) < 4.78 is 0. The first-order chi connectivity index (χ1) is 8.24. The largest absolute Gasteiger partial charge is 0.361 e. The summed E-state index contributed by atoms with van der Waals surface area (Å²) in [4.78, 5) is 3.33. The SMILES string of the molecule is CCNCCCc1c[nH]c2c(C)c(Cl)ccc12. The molecule has 1 aromatic heterocycles. The van der Waals surface area contributed by atoms with Crippen LogP contribution in [-0.4, -0.2) is 18.1 Å². The van der Waals surface area contributed by atoms with Gasteiger partial charge in [0.05, 0.1) is 5.52 Å². The van der Waals surface area contributed by atoms with Crippen LogP contribution >= 0.6 is 11.6 Å². The summed E-state index contributed by atoms with van der Waals surface area (Å²) in [5.41, 5.74) is 3.70. The van der Waals surface area contributed by atoms with Gasteiger partial charge in [-0.25, -0.2) is 0 Å². The molecule has 0 atom stereocenters. The number of hydrogen-bond donors (Lipinski definition) is 2. The zero-order chi connectivity index (χ0) is 12.3. The van der Waals surface area contributed by atoms with Crippen molar-refractivity contribution in [3.63, 3.8) is 0 Å². The number of fused-ring (bicyclic) bond motifs is 1. The van der Waals surface area contributed by atoms with Crippen LogP contribution in [0.4, 0.5) is 0 Å². The second-order valence-corrected chi connectivity index (χ2v) is 4.77. The lowest BCUT2D eigenvalue weighted by molar-refractivity contribution is 0.674. The van der Waals surface area contributed by atoms with E-state index < -0.39 is 0 Å². The zero-order valence-electron chi connectivity index (χ0n) is 10.4. The molecule has 0 fully saturated rings. The van der Waals surface area contributed by atoms with E-state index in [9.17, 15) is 0 Å². The molecule has 92 valence electrons. The van der Waals surface area contributed by atoms with Crippen molar-refractivity contribution in [1.29, 1.82) is 0 Å². The first-order valence-electron chi connectivity index (χ1n) is 6.19. The standard InChI is InChI=1S/C14H19ClN2/c1-3-16-8-4-5-11-9-17-14-10(2)13(15)7-6-12(11)14/h6-7,9,16-17H,3-5,8H2,1-2H3. The molecular weight excluding hydrogens is 232 g/mol. The molecule has 0 aliphatic heterocycles. The molecule has 0 bridgehead atoms. The average Bonchev–Trinajstić information content (AvgIpc) is 2.73. The Morgan fingerprint density at radius 3 is 2.94 bits per heavy atom. The molecule has 2 N–H and O–H groups in total. The molecule has 2 rings (SSSR count). The number of hydrogen-bond acceptors (Lipinski definition) is 1. The van der Waals surface area contributed by atoms with Gasteiger partial charge in [-0.05, 0) is 50.0 Å². The van der Waals surface area contributed by atoms with Gasteiger partial charge >= 0.3 is 0 Å². The van der Waals surface area contributed by atoms with Crippen molar-refractivity contribution >= 4 is 22.5 Å². The molecule has 2 nitrogen and oxygen atoms in total. The van der Waals surface area contributed by atoms with E-state index >= 15 is 0 Å². The molecule has 0 radical (unpaired) electrons. The minimum atomic E-state index is 0.832. The summed E-state index contributed by atoms with van der Waals surface area (Å²) in [6.45, 7) is 6.32. The Kier molecular flexibility index (Phi) is 4.08. The van der Waals surface area contributed by atoms with E-state index in [1.165, 1.54) is 22.9 Å². The summed E-state index contributed by atoms with van der Waals surface area (Å²) in [5, 5.41) is 5.49. The third kappa shape index (κ3) is 2.64. The van der Waals surface area contributed by atoms with Crippen LogP contribution in [0.1, 0.15) is 24.5 Å². The van der Waals surface area contributed by atoms with Gasteiger partial charge in [0.2, 0.25) is 0 Å². The average molecular weight is 251 g/mol. The van der Waals surface area contributed by atoms with Crippen molar-refractivity contribution in [3.05, 3.63) is 34.5 Å². The van der Waals surface area contributed by atoms with Gasteiger partial charge in [-0.3, -0.25) is 0 Å². The van der Waals surface area contributed by atoms with E-state index in [4.69, 9.17) is 11.6 Å². The first-order valence-corrected chi connectivity index (χ1v) is 6.57. The number of aromatic nitrogens is 1. The fourth-order valence-electron chi connectivity index (χ4n) is 2.16. The maximum absolute atomic E-state index is 6.11. The molecule has 1 heterocycles. The van der Waals surface area contributed by atoms with Gasteiger partial charge < -0.3 is 10.3 Å². The zero-order valence-corrected chi connectivity index (χ0v) is 11.2. The number of benzene rings is 1. The van der Waals surface area contributed by atoms with Crippen molar-refractivity contribution in [2.75, 3.05) is 13.1 Å². The van der Waals surface area contributed by atoms with E-state index in [0.29, 0.717) is 0 Å². The Bertz CT molecular complexity index is 502. The van der Waals surface area contributed by atoms with Gasteiger partial charge in [0.1, 0.15) is 0 Å². The van der Waals surface area contributed by atoms with Crippen LogP contribution in [-0.2, 0) is 6.42 Å². The van der Waals surface area contributed by atoms with Gasteiger partial charge in [-0.1, -0.05) is 24.6 Å². The summed E-state index contributed by atoms with van der Waals surface area (Å²) in [6.07, 6.45) is 4.39. The van der Waals surface area contributed by atoms with Gasteiger partial charge in [0.25, 0.3) is 0 Å². The third-order valence-electron chi connectivity index (χ3n) is 3.19. The predicted octanol–water partition coefficient (Wildman–Crippen LogP) is 3.67. The van der Waals surface area contributed by atoms with Gasteiger partial charge in [0, 0.05) is 16.6 Å². The fraction of sp³-hybridized carbons (Fsp3) is 0.429. The lowest BCUT2D eigenvalue weighted by Crippen LogP contribution is -2.14. The second kappa shape index (κ2) is 5.56. The smallest absolute Gasteiger partial charge is 0.0501 e. The maximum Gasteiger partial charge on any atom is 0.0501 e. The quantitative estimate of drug-likeness (QED) is 0.779. The van der Waals surface area contributed by atoms with Crippen molar-refractivity contribution in [2.45, 2.75) is 26.7 Å². The number of aryl methyl sites for hydroxylation is 2. The molecule has 0 amide bonds. The molecular formula is C14H19ClN2. The van der Waals surface area contributed by atoms with E-state index in [1.54, 1.807) is 0 Å². The van der Waals surface area contributed by atoms with Crippen molar-refractivity contribution in [3.8, 4) is 0 Å². The maximum atomic E-state index is 6.11. The molecule has 0 aliphatic rings. The Morgan fingerprint density at radius 1 is 1.35 bits per heavy atom. The highest BCUT2D eigenvalue weighted by Gasteiger charge is 2.07. The molecule has 0 spiro atoms. The first kappa shape index (κ1) is 12.5. The molecule has 2 aromatic rings. The number of nitrogens with one attached hydrogen (secondary N) is 2. The molecule has 3 heteroatoms. The van der Waals surface area contributed by atoms with E-state index in [2.05, 4.69) is 36.4 Å². The third-order valence-corrected chi connectivity index (χ3v) is 3.59. The predicted molar refractivity (Wildman–Crippen MR) is 74.9 cm³/mol. The van der Waals surface area contributed by atoms with Crippen LogP contribution < -0.4 is 5.32 Å². The molecule has 0 saturated carbocycles. The van der Waals surface area contributed by atoms with Crippen LogP contribution in [0.3, 0.4) is 0 Å². The second-order valence-electron chi connectivity index (χ2n) is 4.37. The molecule has 17 heavy (non-hydrogen) atoms. The highest BCUT2D eigenvalue weighted by atomic mass is 35.5. The van der Waals surface area contributed by atoms with E-state index in [0.717, 1.165) is 30.1 Å². The summed E-state index contributed by atoms with van der Waals surface area (Å²) in [7, 11) is 0. The Balaban J connectivity index is 2.16. The molecule has 0 aliphatic carbocycles. The van der Waals surface area contributed by atoms with Crippen molar-refractivity contribution in [2.24, 2.45) is 0 Å². The molecule has 0 saturated heterocycles. The van der Waals surface area contributed by atoms with Crippen molar-refractivity contribution < 1.29 is 0 Å². The number of H-pyrrole nitrogens is 1. The van der Waals surface area contributed by atoms with Crippen LogP contribution in [0, 0.1) is 6.92 Å². The summed E-state index contributed by atoms with van der Waals surface area (Å²) >= 11 is 6.11. The Hall–Kier alpha value is -0.990. The number of rotatable bonds is 5. The van der Waals surface area contributed by atoms with Gasteiger partial charge in [-0.2, -0.15) is 0 Å². The molecule has 1 aromatic carbocycles. The minimum absolute atomic E-state index is 0.832. The lowest BCUT2D eigenvalue weighted by atomic mass is 10.1. The number of aromatic amines is 1. The summed E-state index contributed by atoms with van der Waals surface area (Å²) in [5.74, 6) is 0. The van der Waals surface area contributed by atoms with Crippen molar-refractivity contribution in [1.82, 2.24) is 10.3 Å². The van der Waals surface area contributed by atoms with Gasteiger partial charge in [-0.15, -0.1) is 0 Å². The van der Waals surface area contributed by atoms with Crippen LogP contribution in [0.2, 0.25) is 5.02 Å². The van der Waals surface area contributed by atoms with E-state index in [-0.39, 0.29) is 0 Å². The summed E-state index contributed by atoms with van der Waals surface area (Å²) in [6, 6.07) is 4.10. The Labute approximate surface area is 107 Å². The highest BCUT2D eigenvalue weighted by molar-refractivity contribution is 6.32. The lowest BCUT2D eigenvalue weighted by Gasteiger charge is -2.03. The Morgan fingerprint density at radius 2 is 2.18 bits per heavy atom. The number of halogens is 1.